The minimum absolute atomic E-state index is 0.0655. The molecule has 1 aromatic carbocycles. The van der Waals surface area contributed by atoms with Crippen molar-refractivity contribution in [3.05, 3.63) is 46.7 Å². The number of ether oxygens (including phenoxy) is 1. The SMILES string of the molecule is O=C(C[NH+]1CC[NH+](Cc2cccs2)CC1)Nc1ccc(OC(F)F)cc1. The Bertz CT molecular complexity index is 687. The number of alkyl halides is 2. The van der Waals surface area contributed by atoms with Gasteiger partial charge in [0.2, 0.25) is 0 Å². The molecule has 0 atom stereocenters. The molecule has 1 amide bonds. The summed E-state index contributed by atoms with van der Waals surface area (Å²) in [6.07, 6.45) is 0. The molecule has 1 fully saturated rings. The van der Waals surface area contributed by atoms with Crippen LogP contribution in [-0.4, -0.2) is 45.2 Å². The molecule has 140 valence electrons. The van der Waals surface area contributed by atoms with Crippen LogP contribution in [0.25, 0.3) is 0 Å². The van der Waals surface area contributed by atoms with Gasteiger partial charge in [0, 0.05) is 5.69 Å². The second kappa shape index (κ2) is 9.07. The maximum Gasteiger partial charge on any atom is 0.387 e. The molecule has 0 aliphatic carbocycles. The van der Waals surface area contributed by atoms with Gasteiger partial charge in [0.05, 0.1) is 4.88 Å². The fourth-order valence-corrected chi connectivity index (χ4v) is 3.90. The van der Waals surface area contributed by atoms with Gasteiger partial charge in [-0.05, 0) is 35.7 Å². The minimum Gasteiger partial charge on any atom is -0.435 e. The summed E-state index contributed by atoms with van der Waals surface area (Å²) < 4.78 is 28.5. The van der Waals surface area contributed by atoms with Gasteiger partial charge in [-0.3, -0.25) is 4.79 Å². The summed E-state index contributed by atoms with van der Waals surface area (Å²) in [5, 5.41) is 4.91. The maximum atomic E-state index is 12.2. The summed E-state index contributed by atoms with van der Waals surface area (Å²) in [7, 11) is 0. The van der Waals surface area contributed by atoms with E-state index >= 15 is 0 Å². The smallest absolute Gasteiger partial charge is 0.387 e. The van der Waals surface area contributed by atoms with Crippen LogP contribution >= 0.6 is 11.3 Å². The molecule has 2 heterocycles. The van der Waals surface area contributed by atoms with E-state index in [-0.39, 0.29) is 11.7 Å². The van der Waals surface area contributed by atoms with Crippen molar-refractivity contribution in [3.8, 4) is 5.75 Å². The van der Waals surface area contributed by atoms with E-state index in [1.165, 1.54) is 21.9 Å². The van der Waals surface area contributed by atoms with E-state index < -0.39 is 6.61 Å². The number of nitrogens with one attached hydrogen (secondary N) is 3. The Labute approximate surface area is 155 Å². The van der Waals surface area contributed by atoms with E-state index in [0.717, 1.165) is 32.7 Å². The van der Waals surface area contributed by atoms with E-state index in [2.05, 4.69) is 27.6 Å². The van der Waals surface area contributed by atoms with Crippen LogP contribution in [0.4, 0.5) is 14.5 Å². The highest BCUT2D eigenvalue weighted by atomic mass is 32.1. The fourth-order valence-electron chi connectivity index (χ4n) is 3.12. The fraction of sp³-hybridized carbons (Fsp3) is 0.389. The average Bonchev–Trinajstić information content (AvgIpc) is 3.11. The van der Waals surface area contributed by atoms with Gasteiger partial charge in [-0.25, -0.2) is 0 Å². The number of amides is 1. The van der Waals surface area contributed by atoms with Crippen molar-refractivity contribution in [2.24, 2.45) is 0 Å². The summed E-state index contributed by atoms with van der Waals surface area (Å²) in [5.41, 5.74) is 0.581. The third-order valence-electron chi connectivity index (χ3n) is 4.44. The first kappa shape index (κ1) is 18.8. The van der Waals surface area contributed by atoms with Crippen molar-refractivity contribution in [2.75, 3.05) is 38.0 Å². The molecule has 0 unspecified atom stereocenters. The first-order valence-corrected chi connectivity index (χ1v) is 9.51. The zero-order valence-electron chi connectivity index (χ0n) is 14.3. The molecule has 0 spiro atoms. The Hall–Kier alpha value is -2.03. The average molecular weight is 383 g/mol. The monoisotopic (exact) mass is 383 g/mol. The lowest BCUT2D eigenvalue weighted by Crippen LogP contribution is -3.28. The molecule has 1 aliphatic heterocycles. The normalized spacial score (nSPS) is 20.1. The third-order valence-corrected chi connectivity index (χ3v) is 5.32. The van der Waals surface area contributed by atoms with Crippen LogP contribution in [0.15, 0.2) is 41.8 Å². The highest BCUT2D eigenvalue weighted by Gasteiger charge is 2.25. The predicted molar refractivity (Wildman–Crippen MR) is 96.0 cm³/mol. The van der Waals surface area contributed by atoms with Crippen molar-refractivity contribution in [1.82, 2.24) is 0 Å². The molecule has 0 saturated carbocycles. The summed E-state index contributed by atoms with van der Waals surface area (Å²) in [6.45, 7) is 2.68. The number of benzene rings is 1. The lowest BCUT2D eigenvalue weighted by Gasteiger charge is -2.29. The molecule has 0 bridgehead atoms. The van der Waals surface area contributed by atoms with Gasteiger partial charge in [-0.15, -0.1) is 11.3 Å². The van der Waals surface area contributed by atoms with Gasteiger partial charge < -0.3 is 19.9 Å². The van der Waals surface area contributed by atoms with E-state index in [9.17, 15) is 13.6 Å². The number of piperazine rings is 1. The van der Waals surface area contributed by atoms with Gasteiger partial charge >= 0.3 is 6.61 Å². The highest BCUT2D eigenvalue weighted by molar-refractivity contribution is 7.09. The molecular weight excluding hydrogens is 360 g/mol. The summed E-state index contributed by atoms with van der Waals surface area (Å²) in [6, 6.07) is 10.2. The zero-order valence-corrected chi connectivity index (χ0v) is 15.2. The summed E-state index contributed by atoms with van der Waals surface area (Å²) >= 11 is 1.79. The topological polar surface area (TPSA) is 47.2 Å². The Morgan fingerprint density at radius 1 is 1.12 bits per heavy atom. The van der Waals surface area contributed by atoms with E-state index in [1.54, 1.807) is 28.4 Å². The van der Waals surface area contributed by atoms with Crippen LogP contribution < -0.4 is 19.9 Å². The Kier molecular flexibility index (Phi) is 6.54. The quantitative estimate of drug-likeness (QED) is 0.643. The van der Waals surface area contributed by atoms with Crippen LogP contribution in [-0.2, 0) is 11.3 Å². The molecule has 3 rings (SSSR count). The van der Waals surface area contributed by atoms with Crippen LogP contribution in [0.2, 0.25) is 0 Å². The first-order chi connectivity index (χ1) is 12.6. The molecule has 5 nitrogen and oxygen atoms in total. The Morgan fingerprint density at radius 2 is 1.81 bits per heavy atom. The predicted octanol–water partition coefficient (Wildman–Crippen LogP) is 0.272. The van der Waals surface area contributed by atoms with Gasteiger partial charge in [-0.1, -0.05) is 6.07 Å². The molecular formula is C18H23F2N3O2S+2. The molecule has 2 aromatic rings. The van der Waals surface area contributed by atoms with Crippen molar-refractivity contribution >= 4 is 22.9 Å². The van der Waals surface area contributed by atoms with Gasteiger partial charge in [0.15, 0.2) is 6.54 Å². The van der Waals surface area contributed by atoms with Gasteiger partial charge in [0.1, 0.15) is 38.5 Å². The van der Waals surface area contributed by atoms with Crippen molar-refractivity contribution in [1.29, 1.82) is 0 Å². The van der Waals surface area contributed by atoms with Crippen LogP contribution in [0, 0.1) is 0 Å². The third kappa shape index (κ3) is 5.76. The minimum atomic E-state index is -2.85. The Morgan fingerprint density at radius 3 is 2.42 bits per heavy atom. The maximum absolute atomic E-state index is 12.2. The zero-order chi connectivity index (χ0) is 18.4. The molecule has 1 saturated heterocycles. The van der Waals surface area contributed by atoms with Crippen molar-refractivity contribution < 1.29 is 28.1 Å². The summed E-state index contributed by atoms with van der Waals surface area (Å²) in [5.74, 6) is 0.0118. The largest absolute Gasteiger partial charge is 0.435 e. The molecule has 3 N–H and O–H groups in total. The number of carbonyl (C=O) groups is 1. The Balaban J connectivity index is 1.40. The van der Waals surface area contributed by atoms with E-state index in [4.69, 9.17) is 0 Å². The van der Waals surface area contributed by atoms with Crippen LogP contribution in [0.1, 0.15) is 4.88 Å². The van der Waals surface area contributed by atoms with Crippen LogP contribution in [0.5, 0.6) is 5.75 Å². The molecule has 1 aliphatic rings. The van der Waals surface area contributed by atoms with Gasteiger partial charge in [-0.2, -0.15) is 8.78 Å². The number of rotatable bonds is 7. The highest BCUT2D eigenvalue weighted by Crippen LogP contribution is 2.17. The number of hydrogen-bond donors (Lipinski definition) is 3. The number of carbonyl (C=O) groups excluding carboxylic acids is 1. The van der Waals surface area contributed by atoms with Crippen molar-refractivity contribution in [3.63, 3.8) is 0 Å². The van der Waals surface area contributed by atoms with Crippen LogP contribution in [0.3, 0.4) is 0 Å². The second-order valence-electron chi connectivity index (χ2n) is 6.38. The van der Waals surface area contributed by atoms with E-state index in [1.807, 2.05) is 0 Å². The standard InChI is InChI=1S/C18H21F2N3O2S/c19-18(20)25-15-5-3-14(4-6-15)21-17(24)13-23-9-7-22(8-10-23)12-16-2-1-11-26-16/h1-6,11,18H,7-10,12-13H2,(H,21,24)/p+2. The number of halogens is 2. The number of anilines is 1. The lowest BCUT2D eigenvalue weighted by molar-refractivity contribution is -1.01. The lowest BCUT2D eigenvalue weighted by atomic mass is 10.2. The number of thiophene rings is 1. The second-order valence-corrected chi connectivity index (χ2v) is 7.42. The van der Waals surface area contributed by atoms with Crippen molar-refractivity contribution in [2.45, 2.75) is 13.2 Å². The first-order valence-electron chi connectivity index (χ1n) is 8.63. The number of quaternary nitrogens is 2. The summed E-state index contributed by atoms with van der Waals surface area (Å²) in [4.78, 5) is 16.4. The molecule has 8 heteroatoms. The van der Waals surface area contributed by atoms with Gasteiger partial charge in [0.25, 0.3) is 5.91 Å². The molecule has 26 heavy (non-hydrogen) atoms. The molecule has 0 radical (unpaired) electrons. The van der Waals surface area contributed by atoms with E-state index in [0.29, 0.717) is 12.2 Å². The molecule has 1 aromatic heterocycles. The number of hydrogen-bond acceptors (Lipinski definition) is 3.